The number of para-hydroxylation sites is 1. The topological polar surface area (TPSA) is 24.1 Å². The van der Waals surface area contributed by atoms with Gasteiger partial charge in [0.25, 0.3) is 0 Å². The summed E-state index contributed by atoms with van der Waals surface area (Å²) in [5, 5.41) is 6.36. The van der Waals surface area contributed by atoms with Crippen LogP contribution in [0.5, 0.6) is 0 Å². The fourth-order valence-electron chi connectivity index (χ4n) is 2.16. The van der Waals surface area contributed by atoms with E-state index in [9.17, 15) is 0 Å². The van der Waals surface area contributed by atoms with Gasteiger partial charge in [-0.05, 0) is 55.6 Å². The second-order valence-electron chi connectivity index (χ2n) is 5.38. The zero-order valence-corrected chi connectivity index (χ0v) is 12.2. The SMILES string of the molecule is [2H]c1c([2H])c([2H])c(Nc2ccc(NC(C)CC(C)C)cc2)c([2H])c1[2H]. The maximum atomic E-state index is 7.94. The number of rotatable bonds is 6. The Bertz CT molecular complexity index is 715. The smallest absolute Gasteiger partial charge is 0.0645 e. The lowest BCUT2D eigenvalue weighted by Crippen LogP contribution is -2.17. The summed E-state index contributed by atoms with van der Waals surface area (Å²) in [6.07, 6.45) is 1.07. The molecule has 1 atom stereocenters. The molecule has 0 spiro atoms. The third-order valence-electron chi connectivity index (χ3n) is 2.89. The van der Waals surface area contributed by atoms with E-state index in [-0.39, 0.29) is 35.9 Å². The molecule has 0 aromatic heterocycles. The normalized spacial score (nSPS) is 15.7. The molecule has 2 nitrogen and oxygen atoms in total. The molecule has 0 saturated heterocycles. The van der Waals surface area contributed by atoms with Crippen molar-refractivity contribution in [1.82, 2.24) is 0 Å². The maximum absolute atomic E-state index is 7.94. The highest BCUT2D eigenvalue weighted by Gasteiger charge is 2.04. The van der Waals surface area contributed by atoms with Crippen LogP contribution in [0.25, 0.3) is 0 Å². The molecule has 0 bridgehead atoms. The minimum Gasteiger partial charge on any atom is -0.383 e. The summed E-state index contributed by atoms with van der Waals surface area (Å²) in [5.41, 5.74) is 1.74. The minimum atomic E-state index is -0.390. The van der Waals surface area contributed by atoms with E-state index in [4.69, 9.17) is 6.85 Å². The molecule has 20 heavy (non-hydrogen) atoms. The molecule has 0 aliphatic heterocycles. The van der Waals surface area contributed by atoms with Crippen LogP contribution < -0.4 is 10.6 Å². The average molecular weight is 273 g/mol. The predicted molar refractivity (Wildman–Crippen MR) is 88.7 cm³/mol. The molecule has 0 heterocycles. The summed E-state index contributed by atoms with van der Waals surface area (Å²) in [7, 11) is 0. The van der Waals surface area contributed by atoms with Gasteiger partial charge in [-0.1, -0.05) is 32.0 Å². The Labute approximate surface area is 129 Å². The van der Waals surface area contributed by atoms with Gasteiger partial charge < -0.3 is 10.6 Å². The Morgan fingerprint density at radius 1 is 0.900 bits per heavy atom. The Balaban J connectivity index is 2.17. The highest BCUT2D eigenvalue weighted by molar-refractivity contribution is 5.62. The lowest BCUT2D eigenvalue weighted by Gasteiger charge is -2.17. The number of anilines is 3. The Morgan fingerprint density at radius 3 is 2.10 bits per heavy atom. The van der Waals surface area contributed by atoms with Crippen molar-refractivity contribution in [3.63, 3.8) is 0 Å². The zero-order valence-electron chi connectivity index (χ0n) is 17.2. The van der Waals surface area contributed by atoms with Crippen LogP contribution in [0.1, 0.15) is 34.0 Å². The van der Waals surface area contributed by atoms with Crippen molar-refractivity contribution in [2.24, 2.45) is 5.92 Å². The third kappa shape index (κ3) is 4.61. The van der Waals surface area contributed by atoms with Crippen molar-refractivity contribution < 1.29 is 6.85 Å². The van der Waals surface area contributed by atoms with E-state index in [2.05, 4.69) is 31.4 Å². The van der Waals surface area contributed by atoms with E-state index in [0.29, 0.717) is 17.6 Å². The fraction of sp³-hybridized carbons (Fsp3) is 0.333. The Hall–Kier alpha value is -1.96. The standard InChI is InChI=1S/C18H24N2/c1-14(2)13-15(3)19-17-9-11-18(12-10-17)20-16-7-5-4-6-8-16/h4-12,14-15,19-20H,13H2,1-3H3/i4D,5D,6D,7D,8D. The lowest BCUT2D eigenvalue weighted by molar-refractivity contribution is 0.540. The van der Waals surface area contributed by atoms with Gasteiger partial charge in [-0.3, -0.25) is 0 Å². The van der Waals surface area contributed by atoms with Gasteiger partial charge in [-0.25, -0.2) is 0 Å². The maximum Gasteiger partial charge on any atom is 0.0645 e. The van der Waals surface area contributed by atoms with Crippen LogP contribution in [0.4, 0.5) is 17.1 Å². The number of hydrogen-bond donors (Lipinski definition) is 2. The number of hydrogen-bond acceptors (Lipinski definition) is 2. The summed E-state index contributed by atoms with van der Waals surface area (Å²) in [4.78, 5) is 0. The first-order valence-corrected chi connectivity index (χ1v) is 6.91. The second kappa shape index (κ2) is 6.99. The van der Waals surface area contributed by atoms with Gasteiger partial charge in [0, 0.05) is 23.1 Å². The summed E-state index contributed by atoms with van der Waals surface area (Å²) in [6.45, 7) is 6.51. The average Bonchev–Trinajstić information content (AvgIpc) is 2.56. The van der Waals surface area contributed by atoms with Gasteiger partial charge in [0.2, 0.25) is 0 Å². The molecule has 0 aliphatic carbocycles. The predicted octanol–water partition coefficient (Wildman–Crippen LogP) is 5.28. The molecular formula is C18H24N2. The van der Waals surface area contributed by atoms with E-state index < -0.39 is 0 Å². The van der Waals surface area contributed by atoms with Crippen molar-refractivity contribution in [2.75, 3.05) is 10.6 Å². The van der Waals surface area contributed by atoms with Crippen molar-refractivity contribution in [3.05, 3.63) is 54.5 Å². The number of nitrogens with one attached hydrogen (secondary N) is 2. The molecule has 0 saturated carbocycles. The molecule has 2 aromatic carbocycles. The Morgan fingerprint density at radius 2 is 1.50 bits per heavy atom. The second-order valence-corrected chi connectivity index (χ2v) is 5.38. The first kappa shape index (κ1) is 9.06. The highest BCUT2D eigenvalue weighted by atomic mass is 14.9. The molecular weight excluding hydrogens is 244 g/mol. The first-order valence-electron chi connectivity index (χ1n) is 9.41. The summed E-state index contributed by atoms with van der Waals surface area (Å²) >= 11 is 0. The Kier molecular flexibility index (Phi) is 3.17. The van der Waals surface area contributed by atoms with Crippen LogP contribution in [0.15, 0.2) is 54.5 Å². The summed E-state index contributed by atoms with van der Waals surface area (Å²) < 4.78 is 38.9. The molecule has 0 aliphatic rings. The highest BCUT2D eigenvalue weighted by Crippen LogP contribution is 2.19. The van der Waals surface area contributed by atoms with Crippen LogP contribution in [-0.2, 0) is 0 Å². The van der Waals surface area contributed by atoms with Gasteiger partial charge in [-0.2, -0.15) is 0 Å². The molecule has 0 amide bonds. The van der Waals surface area contributed by atoms with Crippen LogP contribution >= 0.6 is 0 Å². The first-order chi connectivity index (χ1) is 11.7. The van der Waals surface area contributed by atoms with Crippen LogP contribution in [0.2, 0.25) is 0 Å². The lowest BCUT2D eigenvalue weighted by atomic mass is 10.1. The monoisotopic (exact) mass is 273 g/mol. The molecule has 2 heteroatoms. The van der Waals surface area contributed by atoms with E-state index in [1.807, 2.05) is 24.3 Å². The molecule has 0 radical (unpaired) electrons. The molecule has 106 valence electrons. The quantitative estimate of drug-likeness (QED) is 0.748. The minimum absolute atomic E-state index is 0.0832. The molecule has 2 rings (SSSR count). The van der Waals surface area contributed by atoms with Crippen molar-refractivity contribution in [3.8, 4) is 0 Å². The van der Waals surface area contributed by atoms with Gasteiger partial charge in [0.05, 0.1) is 6.85 Å². The zero-order chi connectivity index (χ0) is 18.7. The van der Waals surface area contributed by atoms with Gasteiger partial charge in [0.15, 0.2) is 0 Å². The molecule has 0 fully saturated rings. The molecule has 2 aromatic rings. The third-order valence-corrected chi connectivity index (χ3v) is 2.89. The van der Waals surface area contributed by atoms with Crippen LogP contribution in [0.3, 0.4) is 0 Å². The molecule has 2 N–H and O–H groups in total. The summed E-state index contributed by atoms with van der Waals surface area (Å²) in [6, 6.07) is 6.28. The van der Waals surface area contributed by atoms with E-state index in [1.54, 1.807) is 0 Å². The summed E-state index contributed by atoms with van der Waals surface area (Å²) in [5.74, 6) is 0.618. The largest absolute Gasteiger partial charge is 0.383 e. The van der Waals surface area contributed by atoms with Crippen LogP contribution in [-0.4, -0.2) is 6.04 Å². The van der Waals surface area contributed by atoms with Crippen LogP contribution in [0, 0.1) is 5.92 Å². The fourth-order valence-corrected chi connectivity index (χ4v) is 2.16. The van der Waals surface area contributed by atoms with Gasteiger partial charge in [0.1, 0.15) is 0 Å². The van der Waals surface area contributed by atoms with E-state index >= 15 is 0 Å². The van der Waals surface area contributed by atoms with Crippen molar-refractivity contribution >= 4 is 17.1 Å². The van der Waals surface area contributed by atoms with Gasteiger partial charge in [-0.15, -0.1) is 0 Å². The van der Waals surface area contributed by atoms with Gasteiger partial charge >= 0.3 is 0 Å². The van der Waals surface area contributed by atoms with Crippen molar-refractivity contribution in [1.29, 1.82) is 0 Å². The molecule has 1 unspecified atom stereocenters. The number of benzene rings is 2. The van der Waals surface area contributed by atoms with Crippen molar-refractivity contribution in [2.45, 2.75) is 33.2 Å². The van der Waals surface area contributed by atoms with E-state index in [1.165, 1.54) is 0 Å². The van der Waals surface area contributed by atoms with E-state index in [0.717, 1.165) is 12.1 Å².